The second kappa shape index (κ2) is 10.9. The van der Waals surface area contributed by atoms with E-state index in [0.717, 1.165) is 50.0 Å². The summed E-state index contributed by atoms with van der Waals surface area (Å²) < 4.78 is 0. The fraction of sp³-hybridized carbons (Fsp3) is 0.391. The predicted octanol–water partition coefficient (Wildman–Crippen LogP) is 3.76. The first-order chi connectivity index (χ1) is 14.2. The molecule has 0 saturated heterocycles. The molecule has 0 bridgehead atoms. The van der Waals surface area contributed by atoms with Gasteiger partial charge in [-0.15, -0.1) is 0 Å². The Hall–Kier alpha value is -2.53. The average Bonchev–Trinajstić information content (AvgIpc) is 3.17. The molecular weight excluding hydrogens is 384 g/mol. The number of rotatable bonds is 8. The summed E-state index contributed by atoms with van der Waals surface area (Å²) in [4.78, 5) is 19.0. The van der Waals surface area contributed by atoms with Crippen LogP contribution in [0.15, 0.2) is 53.5 Å². The zero-order chi connectivity index (χ0) is 20.5. The van der Waals surface area contributed by atoms with Crippen LogP contribution in [0.25, 0.3) is 0 Å². The number of guanidine groups is 1. The van der Waals surface area contributed by atoms with Gasteiger partial charge in [0.15, 0.2) is 5.96 Å². The maximum Gasteiger partial charge on any atom is 0.223 e. The van der Waals surface area contributed by atoms with E-state index < -0.39 is 0 Å². The van der Waals surface area contributed by atoms with Crippen LogP contribution in [0.5, 0.6) is 0 Å². The van der Waals surface area contributed by atoms with Gasteiger partial charge in [0.25, 0.3) is 0 Å². The highest BCUT2D eigenvalue weighted by Crippen LogP contribution is 2.22. The number of amides is 1. The van der Waals surface area contributed by atoms with Crippen LogP contribution in [0.3, 0.4) is 0 Å². The van der Waals surface area contributed by atoms with E-state index in [0.29, 0.717) is 13.0 Å². The Morgan fingerprint density at radius 1 is 1.07 bits per heavy atom. The highest BCUT2D eigenvalue weighted by molar-refractivity contribution is 6.30. The van der Waals surface area contributed by atoms with E-state index in [9.17, 15) is 4.79 Å². The number of carbonyl (C=O) groups excluding carboxylic acids is 1. The maximum atomic E-state index is 12.5. The third-order valence-electron chi connectivity index (χ3n) is 4.98. The number of fused-ring (bicyclic) bond motifs is 1. The summed E-state index contributed by atoms with van der Waals surface area (Å²) in [5.41, 5.74) is 3.76. The zero-order valence-electron chi connectivity index (χ0n) is 17.0. The fourth-order valence-electron chi connectivity index (χ4n) is 3.41. The van der Waals surface area contributed by atoms with Gasteiger partial charge in [-0.25, -0.2) is 0 Å². The van der Waals surface area contributed by atoms with Crippen molar-refractivity contribution in [3.63, 3.8) is 0 Å². The van der Waals surface area contributed by atoms with Crippen molar-refractivity contribution < 1.29 is 4.79 Å². The zero-order valence-corrected chi connectivity index (χ0v) is 17.7. The minimum Gasteiger partial charge on any atom is -0.357 e. The topological polar surface area (TPSA) is 56.7 Å². The van der Waals surface area contributed by atoms with Crippen molar-refractivity contribution >= 4 is 23.5 Å². The number of aliphatic imine (C=N–C) groups is 1. The molecule has 0 spiro atoms. The quantitative estimate of drug-likeness (QED) is 0.394. The van der Waals surface area contributed by atoms with E-state index in [2.05, 4.69) is 27.8 Å². The number of carbonyl (C=O) groups is 1. The van der Waals surface area contributed by atoms with Crippen molar-refractivity contribution in [1.29, 1.82) is 0 Å². The molecule has 0 radical (unpaired) electrons. The molecule has 1 aliphatic rings. The molecule has 6 heteroatoms. The standard InChI is InChI=1S/C23H29ClN4O/c1-2-25-23(27-15-13-18-9-11-21(24)12-10-18)26-14-5-8-22(29)28-16-19-6-3-4-7-20(19)17-28/h3-4,6-7,9-12H,2,5,8,13-17H2,1H3,(H2,25,26,27). The third-order valence-corrected chi connectivity index (χ3v) is 5.23. The van der Waals surface area contributed by atoms with Crippen molar-refractivity contribution in [2.24, 2.45) is 4.99 Å². The van der Waals surface area contributed by atoms with Gasteiger partial charge < -0.3 is 15.5 Å². The highest BCUT2D eigenvalue weighted by atomic mass is 35.5. The molecule has 2 aromatic carbocycles. The molecule has 2 aromatic rings. The molecule has 1 heterocycles. The molecule has 29 heavy (non-hydrogen) atoms. The Labute approximate surface area is 178 Å². The van der Waals surface area contributed by atoms with E-state index in [4.69, 9.17) is 11.6 Å². The lowest BCUT2D eigenvalue weighted by atomic mass is 10.1. The summed E-state index contributed by atoms with van der Waals surface area (Å²) in [5, 5.41) is 7.36. The molecule has 154 valence electrons. The molecule has 0 aliphatic carbocycles. The lowest BCUT2D eigenvalue weighted by Gasteiger charge is -2.15. The second-order valence-electron chi connectivity index (χ2n) is 7.19. The lowest BCUT2D eigenvalue weighted by molar-refractivity contribution is -0.131. The molecule has 3 rings (SSSR count). The number of hydrogen-bond donors (Lipinski definition) is 2. The molecule has 1 aliphatic heterocycles. The van der Waals surface area contributed by atoms with Gasteiger partial charge in [-0.1, -0.05) is 48.0 Å². The van der Waals surface area contributed by atoms with Gasteiger partial charge in [0.05, 0.1) is 0 Å². The summed E-state index contributed by atoms with van der Waals surface area (Å²) >= 11 is 5.92. The van der Waals surface area contributed by atoms with Gasteiger partial charge in [0.2, 0.25) is 5.91 Å². The van der Waals surface area contributed by atoms with Crippen LogP contribution in [0.4, 0.5) is 0 Å². The monoisotopic (exact) mass is 412 g/mol. The first-order valence-corrected chi connectivity index (χ1v) is 10.6. The minimum atomic E-state index is 0.206. The molecule has 2 N–H and O–H groups in total. The Balaban J connectivity index is 1.38. The summed E-state index contributed by atoms with van der Waals surface area (Å²) in [5.74, 6) is 1.000. The van der Waals surface area contributed by atoms with Gasteiger partial charge in [-0.3, -0.25) is 9.79 Å². The SMILES string of the molecule is CCNC(=NCCCC(=O)N1Cc2ccccc2C1)NCCc1ccc(Cl)cc1. The van der Waals surface area contributed by atoms with E-state index in [1.165, 1.54) is 16.7 Å². The van der Waals surface area contributed by atoms with Crippen molar-refractivity contribution in [3.8, 4) is 0 Å². The van der Waals surface area contributed by atoms with E-state index >= 15 is 0 Å². The number of nitrogens with one attached hydrogen (secondary N) is 2. The average molecular weight is 413 g/mol. The van der Waals surface area contributed by atoms with Crippen LogP contribution in [-0.2, 0) is 24.3 Å². The van der Waals surface area contributed by atoms with Crippen LogP contribution >= 0.6 is 11.6 Å². The first-order valence-electron chi connectivity index (χ1n) is 10.3. The number of hydrogen-bond acceptors (Lipinski definition) is 2. The van der Waals surface area contributed by atoms with Gasteiger partial charge in [-0.2, -0.15) is 0 Å². The summed E-state index contributed by atoms with van der Waals surface area (Å²) in [6.45, 7) is 5.73. The lowest BCUT2D eigenvalue weighted by Crippen LogP contribution is -2.38. The number of benzene rings is 2. The molecule has 0 saturated carbocycles. The van der Waals surface area contributed by atoms with E-state index in [1.54, 1.807) is 0 Å². The Morgan fingerprint density at radius 2 is 1.76 bits per heavy atom. The van der Waals surface area contributed by atoms with Crippen LogP contribution < -0.4 is 10.6 Å². The highest BCUT2D eigenvalue weighted by Gasteiger charge is 2.22. The minimum absolute atomic E-state index is 0.206. The largest absolute Gasteiger partial charge is 0.357 e. The van der Waals surface area contributed by atoms with Crippen LogP contribution in [0, 0.1) is 0 Å². The normalized spacial score (nSPS) is 13.3. The van der Waals surface area contributed by atoms with E-state index in [-0.39, 0.29) is 5.91 Å². The van der Waals surface area contributed by atoms with Crippen molar-refractivity contribution in [2.45, 2.75) is 39.3 Å². The second-order valence-corrected chi connectivity index (χ2v) is 7.62. The van der Waals surface area contributed by atoms with Crippen molar-refractivity contribution in [2.75, 3.05) is 19.6 Å². The molecule has 0 aromatic heterocycles. The van der Waals surface area contributed by atoms with Gasteiger partial charge in [-0.05, 0) is 48.6 Å². The van der Waals surface area contributed by atoms with Gasteiger partial charge in [0.1, 0.15) is 0 Å². The van der Waals surface area contributed by atoms with Crippen LogP contribution in [0.2, 0.25) is 5.02 Å². The molecule has 0 atom stereocenters. The van der Waals surface area contributed by atoms with Crippen molar-refractivity contribution in [1.82, 2.24) is 15.5 Å². The van der Waals surface area contributed by atoms with Crippen LogP contribution in [-0.4, -0.2) is 36.4 Å². The molecular formula is C23H29ClN4O. The predicted molar refractivity (Wildman–Crippen MR) is 119 cm³/mol. The fourth-order valence-corrected chi connectivity index (χ4v) is 3.53. The number of nitrogens with zero attached hydrogens (tertiary/aromatic N) is 2. The summed E-state index contributed by atoms with van der Waals surface area (Å²) in [6, 6.07) is 16.2. The van der Waals surface area contributed by atoms with Crippen molar-refractivity contribution in [3.05, 3.63) is 70.2 Å². The van der Waals surface area contributed by atoms with Crippen LogP contribution in [0.1, 0.15) is 36.5 Å². The van der Waals surface area contributed by atoms with E-state index in [1.807, 2.05) is 48.2 Å². The Morgan fingerprint density at radius 3 is 2.41 bits per heavy atom. The summed E-state index contributed by atoms with van der Waals surface area (Å²) in [6.07, 6.45) is 2.18. The molecule has 0 unspecified atom stereocenters. The first kappa shape index (κ1) is 21.2. The molecule has 5 nitrogen and oxygen atoms in total. The maximum absolute atomic E-state index is 12.5. The third kappa shape index (κ3) is 6.50. The number of halogens is 1. The molecule has 0 fully saturated rings. The van der Waals surface area contributed by atoms with Gasteiger partial charge in [0, 0.05) is 44.2 Å². The molecule has 1 amide bonds. The smallest absolute Gasteiger partial charge is 0.223 e. The Kier molecular flexibility index (Phi) is 7.94. The Bertz CT molecular complexity index is 810. The van der Waals surface area contributed by atoms with Gasteiger partial charge >= 0.3 is 0 Å². The summed E-state index contributed by atoms with van der Waals surface area (Å²) in [7, 11) is 0.